The number of hydrogen-bond donors (Lipinski definition) is 1. The molecule has 0 radical (unpaired) electrons. The molecule has 1 aliphatic carbocycles. The normalized spacial score (nSPS) is 17.4. The molecule has 3 aromatic rings. The van der Waals surface area contributed by atoms with Crippen LogP contribution in [0.1, 0.15) is 93.0 Å². The second-order valence-corrected chi connectivity index (χ2v) is 9.02. The lowest BCUT2D eigenvalue weighted by Crippen LogP contribution is -2.34. The number of benzene rings is 2. The molecule has 1 atom stereocenters. The maximum atomic E-state index is 13.5. The zero-order valence-corrected chi connectivity index (χ0v) is 19.6. The predicted molar refractivity (Wildman–Crippen MR) is 131 cm³/mol. The van der Waals surface area contributed by atoms with Crippen molar-refractivity contribution in [2.45, 2.75) is 71.3 Å². The molecule has 0 saturated carbocycles. The van der Waals surface area contributed by atoms with E-state index in [1.54, 1.807) is 0 Å². The van der Waals surface area contributed by atoms with Gasteiger partial charge in [0, 0.05) is 41.4 Å². The average molecular weight is 434 g/mol. The minimum absolute atomic E-state index is 0.0582. The molecular formula is C28H35NO3. The molecule has 1 aliphatic rings. The van der Waals surface area contributed by atoms with Gasteiger partial charge in [-0.15, -0.1) is 0 Å². The largest absolute Gasteiger partial charge is 0.457 e. The van der Waals surface area contributed by atoms with E-state index in [4.69, 9.17) is 4.42 Å². The number of rotatable bonds is 10. The van der Waals surface area contributed by atoms with Crippen LogP contribution in [0.5, 0.6) is 0 Å². The Morgan fingerprint density at radius 2 is 1.62 bits per heavy atom. The summed E-state index contributed by atoms with van der Waals surface area (Å²) in [5, 5.41) is 12.7. The van der Waals surface area contributed by atoms with Crippen molar-refractivity contribution in [3.05, 3.63) is 64.9 Å². The van der Waals surface area contributed by atoms with Gasteiger partial charge in [-0.2, -0.15) is 0 Å². The molecule has 0 saturated heterocycles. The van der Waals surface area contributed by atoms with Gasteiger partial charge in [-0.05, 0) is 31.4 Å². The highest BCUT2D eigenvalue weighted by Gasteiger charge is 2.45. The van der Waals surface area contributed by atoms with Crippen molar-refractivity contribution in [2.75, 3.05) is 18.0 Å². The second-order valence-electron chi connectivity index (χ2n) is 9.02. The molecular weight excluding hydrogens is 398 g/mol. The van der Waals surface area contributed by atoms with Gasteiger partial charge in [-0.25, -0.2) is 0 Å². The number of fused-ring (bicyclic) bond motifs is 4. The van der Waals surface area contributed by atoms with Crippen molar-refractivity contribution >= 4 is 22.4 Å². The maximum Gasteiger partial charge on any atom is 0.197 e. The van der Waals surface area contributed by atoms with Crippen LogP contribution in [0, 0.1) is 0 Å². The summed E-state index contributed by atoms with van der Waals surface area (Å²) in [6, 6.07) is 13.6. The van der Waals surface area contributed by atoms with Gasteiger partial charge in [0.2, 0.25) is 0 Å². The van der Waals surface area contributed by atoms with Gasteiger partial charge in [0.1, 0.15) is 11.2 Å². The molecule has 0 aliphatic heterocycles. The van der Waals surface area contributed by atoms with E-state index < -0.39 is 5.60 Å². The molecule has 2 aromatic carbocycles. The summed E-state index contributed by atoms with van der Waals surface area (Å²) in [7, 11) is 0. The third-order valence-corrected chi connectivity index (χ3v) is 6.71. The molecule has 4 heteroatoms. The number of ketones is 1. The molecule has 1 aromatic heterocycles. The Labute approximate surface area is 191 Å². The quantitative estimate of drug-likeness (QED) is 0.381. The number of anilines is 1. The van der Waals surface area contributed by atoms with Gasteiger partial charge in [-0.1, -0.05) is 70.7 Å². The molecule has 0 amide bonds. The molecule has 0 fully saturated rings. The van der Waals surface area contributed by atoms with Crippen molar-refractivity contribution in [3.63, 3.8) is 0 Å². The summed E-state index contributed by atoms with van der Waals surface area (Å²) in [5.74, 6) is 0.354. The van der Waals surface area contributed by atoms with Crippen LogP contribution in [-0.4, -0.2) is 24.0 Å². The fourth-order valence-corrected chi connectivity index (χ4v) is 4.85. The number of nitrogens with zero attached hydrogens (tertiary/aromatic N) is 1. The highest BCUT2D eigenvalue weighted by Crippen LogP contribution is 2.47. The number of aliphatic hydroxyl groups is 1. The first-order valence-electron chi connectivity index (χ1n) is 12.2. The van der Waals surface area contributed by atoms with Gasteiger partial charge >= 0.3 is 0 Å². The van der Waals surface area contributed by atoms with Crippen molar-refractivity contribution in [1.82, 2.24) is 0 Å². The molecule has 32 heavy (non-hydrogen) atoms. The highest BCUT2D eigenvalue weighted by atomic mass is 16.4. The topological polar surface area (TPSA) is 53.7 Å². The van der Waals surface area contributed by atoms with Crippen LogP contribution >= 0.6 is 0 Å². The van der Waals surface area contributed by atoms with Crippen LogP contribution in [0.3, 0.4) is 0 Å². The molecule has 4 nitrogen and oxygen atoms in total. The lowest BCUT2D eigenvalue weighted by atomic mass is 9.75. The Kier molecular flexibility index (Phi) is 6.71. The van der Waals surface area contributed by atoms with E-state index >= 15 is 0 Å². The third-order valence-electron chi connectivity index (χ3n) is 6.71. The van der Waals surface area contributed by atoms with E-state index in [2.05, 4.69) is 37.8 Å². The fraction of sp³-hybridized carbons (Fsp3) is 0.464. The summed E-state index contributed by atoms with van der Waals surface area (Å²) in [5.41, 5.74) is 2.29. The van der Waals surface area contributed by atoms with Crippen molar-refractivity contribution < 1.29 is 14.3 Å². The van der Waals surface area contributed by atoms with E-state index in [9.17, 15) is 9.90 Å². The highest BCUT2D eigenvalue weighted by molar-refractivity contribution is 6.19. The summed E-state index contributed by atoms with van der Waals surface area (Å²) >= 11 is 0. The summed E-state index contributed by atoms with van der Waals surface area (Å²) in [6.07, 6.45) is 6.92. The summed E-state index contributed by atoms with van der Waals surface area (Å²) in [4.78, 5) is 15.9. The number of furan rings is 1. The van der Waals surface area contributed by atoms with Gasteiger partial charge in [-0.3, -0.25) is 4.79 Å². The molecule has 170 valence electrons. The predicted octanol–water partition coefficient (Wildman–Crippen LogP) is 6.81. The first-order chi connectivity index (χ1) is 15.5. The SMILES string of the molecule is CCCCN(CCCC)c1ccc2c3c(oc2c1)C(O)(CCCC)c1ccccc1C3=O. The summed E-state index contributed by atoms with van der Waals surface area (Å²) in [6.45, 7) is 8.54. The third kappa shape index (κ3) is 3.86. The van der Waals surface area contributed by atoms with Crippen LogP contribution in [0.25, 0.3) is 11.0 Å². The lowest BCUT2D eigenvalue weighted by molar-refractivity contribution is 0.0417. The van der Waals surface area contributed by atoms with Crippen LogP contribution in [0.2, 0.25) is 0 Å². The number of carbonyl (C=O) groups is 1. The maximum absolute atomic E-state index is 13.5. The Hall–Kier alpha value is -2.59. The molecule has 1 N–H and O–H groups in total. The fourth-order valence-electron chi connectivity index (χ4n) is 4.85. The summed E-state index contributed by atoms with van der Waals surface area (Å²) < 4.78 is 6.33. The Bertz CT molecular complexity index is 1090. The average Bonchev–Trinajstić information content (AvgIpc) is 3.21. The lowest BCUT2D eigenvalue weighted by Gasteiger charge is -2.32. The minimum atomic E-state index is -1.28. The van der Waals surface area contributed by atoms with Gasteiger partial charge in [0.25, 0.3) is 0 Å². The van der Waals surface area contributed by atoms with E-state index in [0.717, 1.165) is 62.7 Å². The smallest absolute Gasteiger partial charge is 0.197 e. The van der Waals surface area contributed by atoms with Crippen LogP contribution in [-0.2, 0) is 5.60 Å². The number of hydrogen-bond acceptors (Lipinski definition) is 4. The first kappa shape index (κ1) is 22.6. The van der Waals surface area contributed by atoms with Gasteiger partial charge in [0.05, 0.1) is 5.56 Å². The number of unbranched alkanes of at least 4 members (excludes halogenated alkanes) is 3. The Morgan fingerprint density at radius 3 is 2.31 bits per heavy atom. The standard InChI is InChI=1S/C28H35NO3/c1-4-7-16-28(31)23-13-11-10-12-21(23)26(30)25-22-15-14-20(19-24(22)32-27(25)28)29(17-8-5-2)18-9-6-3/h10-15,19,31H,4-9,16-18H2,1-3H3. The zero-order chi connectivity index (χ0) is 22.7. The first-order valence-corrected chi connectivity index (χ1v) is 12.2. The van der Waals surface area contributed by atoms with Crippen LogP contribution < -0.4 is 4.90 Å². The molecule has 4 rings (SSSR count). The Morgan fingerprint density at radius 1 is 0.938 bits per heavy atom. The van der Waals surface area contributed by atoms with Crippen molar-refractivity contribution in [2.24, 2.45) is 0 Å². The molecule has 0 spiro atoms. The zero-order valence-electron chi connectivity index (χ0n) is 19.6. The monoisotopic (exact) mass is 433 g/mol. The van der Waals surface area contributed by atoms with E-state index in [1.807, 2.05) is 30.3 Å². The molecule has 1 unspecified atom stereocenters. The minimum Gasteiger partial charge on any atom is -0.457 e. The van der Waals surface area contributed by atoms with E-state index in [1.165, 1.54) is 0 Å². The van der Waals surface area contributed by atoms with E-state index in [-0.39, 0.29) is 5.78 Å². The van der Waals surface area contributed by atoms with Crippen LogP contribution in [0.15, 0.2) is 46.9 Å². The Balaban J connectivity index is 1.83. The van der Waals surface area contributed by atoms with Gasteiger partial charge in [0.15, 0.2) is 11.5 Å². The molecule has 1 heterocycles. The van der Waals surface area contributed by atoms with Crippen LogP contribution in [0.4, 0.5) is 5.69 Å². The number of carbonyl (C=O) groups excluding carboxylic acids is 1. The van der Waals surface area contributed by atoms with E-state index in [0.29, 0.717) is 34.5 Å². The van der Waals surface area contributed by atoms with Crippen molar-refractivity contribution in [1.29, 1.82) is 0 Å². The second kappa shape index (κ2) is 9.50. The molecule has 0 bridgehead atoms. The van der Waals surface area contributed by atoms with Crippen molar-refractivity contribution in [3.8, 4) is 0 Å². The van der Waals surface area contributed by atoms with Gasteiger partial charge < -0.3 is 14.4 Å².